The highest BCUT2D eigenvalue weighted by atomic mass is 16.4. The van der Waals surface area contributed by atoms with Crippen LogP contribution in [0.4, 0.5) is 10.5 Å². The van der Waals surface area contributed by atoms with Gasteiger partial charge in [0.15, 0.2) is 5.76 Å². The maximum absolute atomic E-state index is 11.0. The first-order valence-electron chi connectivity index (χ1n) is 11.6. The number of carbonyl (C=O) groups is 1. The average molecular weight is 451 g/mol. The highest BCUT2D eigenvalue weighted by Gasteiger charge is 2.26. The van der Waals surface area contributed by atoms with Crippen LogP contribution in [0.5, 0.6) is 0 Å². The lowest BCUT2D eigenvalue weighted by Gasteiger charge is -2.22. The number of nitrogens with zero attached hydrogens (tertiary/aromatic N) is 1. The molecule has 1 atom stereocenters. The van der Waals surface area contributed by atoms with E-state index in [0.717, 1.165) is 59.4 Å². The zero-order valence-electron chi connectivity index (χ0n) is 18.8. The molecule has 0 bridgehead atoms. The molecule has 0 fully saturated rings. The van der Waals surface area contributed by atoms with Gasteiger partial charge in [-0.05, 0) is 49.3 Å². The Hall–Kier alpha value is -4.12. The number of carboxylic acid groups (broad SMARTS) is 1. The van der Waals surface area contributed by atoms with Gasteiger partial charge in [-0.15, -0.1) is 0 Å². The lowest BCUT2D eigenvalue weighted by Crippen LogP contribution is -2.12. The van der Waals surface area contributed by atoms with Crippen molar-refractivity contribution >= 4 is 17.4 Å². The number of oxazole rings is 1. The van der Waals surface area contributed by atoms with E-state index in [0.29, 0.717) is 11.6 Å². The molecule has 170 valence electrons. The van der Waals surface area contributed by atoms with Crippen molar-refractivity contribution in [3.05, 3.63) is 102 Å². The third-order valence-electron chi connectivity index (χ3n) is 6.18. The van der Waals surface area contributed by atoms with Crippen LogP contribution >= 0.6 is 0 Å². The zero-order chi connectivity index (χ0) is 23.3. The quantitative estimate of drug-likeness (QED) is 0.318. The predicted octanol–water partition coefficient (Wildman–Crippen LogP) is 7.52. The minimum atomic E-state index is -1.06. The third-order valence-corrected chi connectivity index (χ3v) is 6.18. The molecule has 4 aromatic rings. The van der Waals surface area contributed by atoms with E-state index < -0.39 is 6.09 Å². The van der Waals surface area contributed by atoms with Gasteiger partial charge < -0.3 is 9.52 Å². The molecule has 0 radical (unpaired) electrons. The standard InChI is InChI=1S/C29H26N2O3/c32-29(33)30-24-16-9-10-20(19-24)18-23-15-7-8-17-25(23)28-31-26(21-11-3-1-4-12-21)27(34-28)22-13-5-2-6-14-22/h1-6,9-14,16-17,19,23,30H,7-8,15,18H2,(H,32,33). The molecule has 34 heavy (non-hydrogen) atoms. The van der Waals surface area contributed by atoms with E-state index in [9.17, 15) is 4.79 Å². The van der Waals surface area contributed by atoms with Crippen LogP contribution in [-0.4, -0.2) is 16.2 Å². The first kappa shape index (κ1) is 21.7. The Morgan fingerprint density at radius 3 is 2.44 bits per heavy atom. The Balaban J connectivity index is 1.50. The molecule has 0 saturated heterocycles. The number of nitrogens with one attached hydrogen (secondary N) is 1. The summed E-state index contributed by atoms with van der Waals surface area (Å²) in [5, 5.41) is 11.5. The van der Waals surface area contributed by atoms with Gasteiger partial charge in [-0.1, -0.05) is 78.9 Å². The molecule has 5 nitrogen and oxygen atoms in total. The topological polar surface area (TPSA) is 75.4 Å². The van der Waals surface area contributed by atoms with Gasteiger partial charge in [0.25, 0.3) is 0 Å². The molecule has 1 aliphatic carbocycles. The van der Waals surface area contributed by atoms with Crippen molar-refractivity contribution in [2.45, 2.75) is 25.7 Å². The van der Waals surface area contributed by atoms with Crippen LogP contribution in [0.2, 0.25) is 0 Å². The summed E-state index contributed by atoms with van der Waals surface area (Å²) in [6.07, 6.45) is 5.13. The SMILES string of the molecule is O=C(O)Nc1cccc(CC2CCCC=C2c2nc(-c3ccccc3)c(-c3ccccc3)o2)c1. The second kappa shape index (κ2) is 9.79. The molecule has 5 heteroatoms. The van der Waals surface area contributed by atoms with Crippen molar-refractivity contribution in [1.82, 2.24) is 4.98 Å². The molecule has 5 rings (SSSR count). The minimum Gasteiger partial charge on any atom is -0.465 e. The zero-order valence-corrected chi connectivity index (χ0v) is 18.8. The van der Waals surface area contributed by atoms with Crippen molar-refractivity contribution in [3.63, 3.8) is 0 Å². The summed E-state index contributed by atoms with van der Waals surface area (Å²) in [7, 11) is 0. The van der Waals surface area contributed by atoms with Crippen LogP contribution in [0.1, 0.15) is 30.7 Å². The lowest BCUT2D eigenvalue weighted by atomic mass is 9.83. The number of hydrogen-bond donors (Lipinski definition) is 2. The molecule has 3 aromatic carbocycles. The molecule has 1 heterocycles. The Morgan fingerprint density at radius 2 is 1.71 bits per heavy atom. The number of amides is 1. The average Bonchev–Trinajstić information content (AvgIpc) is 3.31. The Morgan fingerprint density at radius 1 is 0.971 bits per heavy atom. The summed E-state index contributed by atoms with van der Waals surface area (Å²) in [6.45, 7) is 0. The molecule has 0 aliphatic heterocycles. The van der Waals surface area contributed by atoms with Crippen LogP contribution < -0.4 is 5.32 Å². The Bertz CT molecular complexity index is 1250. The van der Waals surface area contributed by atoms with E-state index >= 15 is 0 Å². The first-order valence-corrected chi connectivity index (χ1v) is 11.6. The summed E-state index contributed by atoms with van der Waals surface area (Å²) in [5.74, 6) is 1.70. The van der Waals surface area contributed by atoms with Gasteiger partial charge in [0.1, 0.15) is 5.69 Å². The number of hydrogen-bond acceptors (Lipinski definition) is 3. The van der Waals surface area contributed by atoms with Gasteiger partial charge in [-0.3, -0.25) is 5.32 Å². The normalized spacial score (nSPS) is 15.5. The Kier molecular flexibility index (Phi) is 6.25. The molecular formula is C29H26N2O3. The van der Waals surface area contributed by atoms with Crippen molar-refractivity contribution in [2.75, 3.05) is 5.32 Å². The number of allylic oxidation sites excluding steroid dienone is 2. The van der Waals surface area contributed by atoms with Crippen LogP contribution in [0.25, 0.3) is 28.2 Å². The van der Waals surface area contributed by atoms with E-state index in [-0.39, 0.29) is 5.92 Å². The summed E-state index contributed by atoms with van der Waals surface area (Å²) in [5.41, 5.74) is 5.67. The third kappa shape index (κ3) is 4.79. The van der Waals surface area contributed by atoms with Crippen LogP contribution in [-0.2, 0) is 6.42 Å². The van der Waals surface area contributed by atoms with Gasteiger partial charge in [0.05, 0.1) is 0 Å². The van der Waals surface area contributed by atoms with Gasteiger partial charge >= 0.3 is 6.09 Å². The van der Waals surface area contributed by atoms with E-state index in [2.05, 4.69) is 23.5 Å². The van der Waals surface area contributed by atoms with Crippen molar-refractivity contribution in [3.8, 4) is 22.6 Å². The fourth-order valence-electron chi connectivity index (χ4n) is 4.62. The van der Waals surface area contributed by atoms with E-state index in [4.69, 9.17) is 14.5 Å². The second-order valence-electron chi connectivity index (χ2n) is 8.55. The van der Waals surface area contributed by atoms with Gasteiger partial charge in [-0.25, -0.2) is 9.78 Å². The fourth-order valence-corrected chi connectivity index (χ4v) is 4.62. The van der Waals surface area contributed by atoms with Gasteiger partial charge in [0, 0.05) is 22.4 Å². The molecule has 2 N–H and O–H groups in total. The fraction of sp³-hybridized carbons (Fsp3) is 0.172. The van der Waals surface area contributed by atoms with E-state index in [1.807, 2.05) is 66.7 Å². The largest absolute Gasteiger partial charge is 0.465 e. The van der Waals surface area contributed by atoms with E-state index in [1.54, 1.807) is 6.07 Å². The molecule has 1 aromatic heterocycles. The molecule has 1 unspecified atom stereocenters. The van der Waals surface area contributed by atoms with Crippen molar-refractivity contribution in [2.24, 2.45) is 5.92 Å². The number of anilines is 1. The highest BCUT2D eigenvalue weighted by molar-refractivity contribution is 5.83. The number of benzene rings is 3. The van der Waals surface area contributed by atoms with Crippen LogP contribution in [0, 0.1) is 5.92 Å². The van der Waals surface area contributed by atoms with Gasteiger partial charge in [-0.2, -0.15) is 0 Å². The van der Waals surface area contributed by atoms with Crippen LogP contribution in [0.3, 0.4) is 0 Å². The van der Waals surface area contributed by atoms with Crippen LogP contribution in [0.15, 0.2) is 95.4 Å². The second-order valence-corrected chi connectivity index (χ2v) is 8.55. The monoisotopic (exact) mass is 450 g/mol. The maximum Gasteiger partial charge on any atom is 0.409 e. The summed E-state index contributed by atoms with van der Waals surface area (Å²) in [6, 6.07) is 27.8. The first-order chi connectivity index (χ1) is 16.7. The molecule has 1 amide bonds. The summed E-state index contributed by atoms with van der Waals surface area (Å²) >= 11 is 0. The number of rotatable bonds is 6. The van der Waals surface area contributed by atoms with Crippen molar-refractivity contribution in [1.29, 1.82) is 0 Å². The maximum atomic E-state index is 11.0. The predicted molar refractivity (Wildman–Crippen MR) is 134 cm³/mol. The molecule has 0 saturated carbocycles. The minimum absolute atomic E-state index is 0.250. The highest BCUT2D eigenvalue weighted by Crippen LogP contribution is 2.40. The lowest BCUT2D eigenvalue weighted by molar-refractivity contribution is 0.209. The van der Waals surface area contributed by atoms with Gasteiger partial charge in [0.2, 0.25) is 5.89 Å². The molecule has 1 aliphatic rings. The van der Waals surface area contributed by atoms with E-state index in [1.165, 1.54) is 0 Å². The summed E-state index contributed by atoms with van der Waals surface area (Å²) in [4.78, 5) is 16.0. The Labute approximate surface area is 198 Å². The molecular weight excluding hydrogens is 424 g/mol. The number of aromatic nitrogens is 1. The molecule has 0 spiro atoms. The summed E-state index contributed by atoms with van der Waals surface area (Å²) < 4.78 is 6.47. The van der Waals surface area contributed by atoms with Crippen molar-refractivity contribution < 1.29 is 14.3 Å². The smallest absolute Gasteiger partial charge is 0.409 e.